The predicted molar refractivity (Wildman–Crippen MR) is 350 cm³/mol. The first kappa shape index (κ1) is 67.0. The maximum Gasteiger partial charge on any atom is 0.416 e. The minimum atomic E-state index is -4.36. The number of nitrogen functional groups attached to an aromatic ring is 3. The molecule has 0 fully saturated rings. The van der Waals surface area contributed by atoms with Crippen LogP contribution in [0.3, 0.4) is 0 Å². The first-order chi connectivity index (χ1) is 41.5. The number of anilines is 5. The van der Waals surface area contributed by atoms with Crippen molar-refractivity contribution in [2.24, 2.45) is 0 Å². The number of para-hydroxylation sites is 4. The normalized spacial score (nSPS) is 10.6. The van der Waals surface area contributed by atoms with Crippen LogP contribution in [0.4, 0.5) is 41.7 Å². The first-order valence-electron chi connectivity index (χ1n) is 27.6. The average molecular weight is 1240 g/mol. The Morgan fingerprint density at radius 1 is 0.494 bits per heavy atom. The van der Waals surface area contributed by atoms with Crippen LogP contribution in [0.25, 0.3) is 44.7 Å². The maximum absolute atomic E-state index is 12.7. The van der Waals surface area contributed by atoms with Crippen molar-refractivity contribution in [1.29, 1.82) is 0 Å². The van der Waals surface area contributed by atoms with Crippen molar-refractivity contribution in [2.45, 2.75) is 94.7 Å². The lowest BCUT2D eigenvalue weighted by atomic mass is 10.2. The molecule has 0 aliphatic heterocycles. The summed E-state index contributed by atoms with van der Waals surface area (Å²) in [5.41, 5.74) is 30.2. The smallest absolute Gasteiger partial charge is 0.399 e. The number of fused-ring (bicyclic) bond motifs is 3. The van der Waals surface area contributed by atoms with Crippen molar-refractivity contribution < 1.29 is 13.2 Å². The van der Waals surface area contributed by atoms with Gasteiger partial charge in [-0.15, -0.1) is 0 Å². The van der Waals surface area contributed by atoms with Gasteiger partial charge in [0.05, 0.1) is 87.2 Å². The highest BCUT2D eigenvalue weighted by Gasteiger charge is 2.30. The van der Waals surface area contributed by atoms with Crippen molar-refractivity contribution in [1.82, 2.24) is 59.0 Å². The SMILES string of the molecule is CCCCC.Cc1ccc(N)cc1.Cc1cccc(N)c1N.Cc1cccc2c1nc(C)n2-c1cncc(Cl)n1.Cc1cccc2c1nc(C)n2-c1cncc(Nc2ccc(C(F)(F)F)cc2)n1.Cc1nc2c(C)cccc2[nH]1.Clc1cncc(Cl)n1. The molecule has 0 radical (unpaired) electrons. The van der Waals surface area contributed by atoms with Gasteiger partial charge in [-0.1, -0.05) is 134 Å². The summed E-state index contributed by atoms with van der Waals surface area (Å²) in [5, 5.41) is 4.00. The van der Waals surface area contributed by atoms with Crippen LogP contribution in [-0.4, -0.2) is 59.0 Å². The van der Waals surface area contributed by atoms with Gasteiger partial charge >= 0.3 is 6.18 Å². The number of benzene rings is 6. The Labute approximate surface area is 519 Å². The number of nitrogens with zero attached hydrogens (tertiary/aromatic N) is 11. The van der Waals surface area contributed by atoms with E-state index in [-0.39, 0.29) is 0 Å². The van der Waals surface area contributed by atoms with Crippen LogP contribution >= 0.6 is 34.8 Å². The summed E-state index contributed by atoms with van der Waals surface area (Å²) in [6.45, 7) is 20.3. The number of aromatic amines is 1. The molecule has 22 heteroatoms. The lowest BCUT2D eigenvalue weighted by Gasteiger charge is -2.11. The van der Waals surface area contributed by atoms with E-state index < -0.39 is 11.7 Å². The summed E-state index contributed by atoms with van der Waals surface area (Å²) in [6.07, 6.45) is 8.90. The molecule has 0 unspecified atom stereocenters. The molecule has 0 saturated carbocycles. The first-order valence-corrected chi connectivity index (χ1v) is 28.7. The fourth-order valence-corrected chi connectivity index (χ4v) is 8.87. The number of hydrogen-bond donors (Lipinski definition) is 5. The largest absolute Gasteiger partial charge is 0.416 e. The Morgan fingerprint density at radius 3 is 1.41 bits per heavy atom. The van der Waals surface area contributed by atoms with E-state index in [0.717, 1.165) is 85.1 Å². The van der Waals surface area contributed by atoms with Crippen LogP contribution in [0, 0.1) is 55.4 Å². The molecule has 12 aromatic rings. The minimum Gasteiger partial charge on any atom is -0.399 e. The molecule has 0 atom stereocenters. The van der Waals surface area contributed by atoms with Gasteiger partial charge in [-0.05, 0) is 138 Å². The number of halogens is 6. The van der Waals surface area contributed by atoms with Gasteiger partial charge in [-0.25, -0.2) is 29.9 Å². The second kappa shape index (κ2) is 31.8. The van der Waals surface area contributed by atoms with E-state index in [9.17, 15) is 13.2 Å². The number of rotatable bonds is 6. The van der Waals surface area contributed by atoms with Crippen molar-refractivity contribution >= 4 is 96.5 Å². The number of alkyl halides is 3. The van der Waals surface area contributed by atoms with E-state index in [2.05, 4.69) is 82.0 Å². The van der Waals surface area contributed by atoms with Gasteiger partial charge in [0.25, 0.3) is 0 Å². The summed E-state index contributed by atoms with van der Waals surface area (Å²) in [5.74, 6) is 4.30. The minimum absolute atomic E-state index is 0.317. The van der Waals surface area contributed by atoms with Crippen LogP contribution in [-0.2, 0) is 6.18 Å². The molecular weight excluding hydrogens is 1170 g/mol. The lowest BCUT2D eigenvalue weighted by molar-refractivity contribution is -0.137. The number of imidazole rings is 3. The number of hydrogen-bond acceptors (Lipinski definition) is 13. The van der Waals surface area contributed by atoms with E-state index in [0.29, 0.717) is 50.0 Å². The van der Waals surface area contributed by atoms with Gasteiger partial charge in [0.1, 0.15) is 32.9 Å². The van der Waals surface area contributed by atoms with Gasteiger partial charge in [-0.2, -0.15) is 13.2 Å². The second-order valence-corrected chi connectivity index (χ2v) is 21.0. The molecule has 12 rings (SSSR count). The molecule has 87 heavy (non-hydrogen) atoms. The van der Waals surface area contributed by atoms with E-state index in [1.165, 1.54) is 67.3 Å². The third kappa shape index (κ3) is 19.4. The van der Waals surface area contributed by atoms with Crippen LogP contribution in [0.5, 0.6) is 0 Å². The zero-order valence-electron chi connectivity index (χ0n) is 50.1. The van der Waals surface area contributed by atoms with Gasteiger partial charge in [0.15, 0.2) is 17.5 Å². The lowest BCUT2D eigenvalue weighted by Crippen LogP contribution is -2.05. The Balaban J connectivity index is 0.000000176. The van der Waals surface area contributed by atoms with Crippen molar-refractivity contribution in [3.8, 4) is 11.6 Å². The summed E-state index contributed by atoms with van der Waals surface area (Å²) in [7, 11) is 0. The zero-order chi connectivity index (χ0) is 63.4. The molecule has 16 nitrogen and oxygen atoms in total. The highest BCUT2D eigenvalue weighted by Crippen LogP contribution is 2.31. The fourth-order valence-electron chi connectivity index (χ4n) is 8.39. The topological polar surface area (TPSA) is 232 Å². The van der Waals surface area contributed by atoms with Crippen LogP contribution < -0.4 is 22.5 Å². The predicted octanol–water partition coefficient (Wildman–Crippen LogP) is 17.2. The summed E-state index contributed by atoms with van der Waals surface area (Å²) in [6, 6.07) is 36.3. The number of aromatic nitrogens is 12. The van der Waals surface area contributed by atoms with Gasteiger partial charge in [0, 0.05) is 11.4 Å². The zero-order valence-corrected chi connectivity index (χ0v) is 52.3. The third-order valence-corrected chi connectivity index (χ3v) is 13.4. The standard InChI is InChI=1S/C20H16F3N5.C13H11ClN4.C9H10N2.C7H10N2.C7H9N.C5H12.C4H2Cl2N2/c1-12-4-3-5-16-19(12)25-13(2)28(16)18-11-24-10-17(27-18)26-15-8-6-14(7-9-15)20(21,22)23;1-8-4-3-5-10-13(8)16-9(2)18(10)12-7-15-6-11(14)17-12;1-6-4-3-5-8-9(6)11-7(2)10-8;1-5-3-2-4-6(8)7(5)9;1-6-2-4-7(8)5-3-6;1-3-5-4-2;5-3-1-7-2-4(6)8-3/h3-11H,1-2H3,(H,26,27);3-7H,1-2H3;3-5H,1-2H3,(H,10,11);2-4H,8-9H2,1H3;2-5H,8H2,1H3;3-5H2,1-2H3;1-2H. The van der Waals surface area contributed by atoms with Gasteiger partial charge in [0.2, 0.25) is 0 Å². The maximum atomic E-state index is 12.7. The van der Waals surface area contributed by atoms with Crippen LogP contribution in [0.1, 0.15) is 84.0 Å². The van der Waals surface area contributed by atoms with Crippen molar-refractivity contribution in [2.75, 3.05) is 22.5 Å². The molecule has 0 saturated heterocycles. The molecule has 452 valence electrons. The van der Waals surface area contributed by atoms with E-state index in [1.807, 2.05) is 143 Å². The summed E-state index contributed by atoms with van der Waals surface area (Å²) >= 11 is 16.7. The van der Waals surface area contributed by atoms with Crippen LogP contribution in [0.15, 0.2) is 159 Å². The summed E-state index contributed by atoms with van der Waals surface area (Å²) < 4.78 is 42.0. The Kier molecular flexibility index (Phi) is 24.5. The molecule has 0 amide bonds. The molecule has 6 aromatic carbocycles. The second-order valence-electron chi connectivity index (χ2n) is 19.8. The highest BCUT2D eigenvalue weighted by atomic mass is 35.5. The molecule has 6 heterocycles. The molecule has 0 bridgehead atoms. The molecule has 0 spiro atoms. The van der Waals surface area contributed by atoms with E-state index in [1.54, 1.807) is 18.5 Å². The van der Waals surface area contributed by atoms with Crippen LogP contribution in [0.2, 0.25) is 15.5 Å². The van der Waals surface area contributed by atoms with Crippen molar-refractivity contribution in [3.63, 3.8) is 0 Å². The number of nitrogens with one attached hydrogen (secondary N) is 2. The summed E-state index contributed by atoms with van der Waals surface area (Å²) in [4.78, 5) is 41.1. The molecule has 0 aliphatic carbocycles. The number of H-pyrrole nitrogens is 1. The van der Waals surface area contributed by atoms with Gasteiger partial charge in [-0.3, -0.25) is 24.1 Å². The molecule has 0 aliphatic rings. The Hall–Kier alpha value is -9.17. The quantitative estimate of drug-likeness (QED) is 0.0977. The highest BCUT2D eigenvalue weighted by molar-refractivity contribution is 6.32. The van der Waals surface area contributed by atoms with E-state index in [4.69, 9.17) is 52.0 Å². The fraction of sp³-hybridized carbons (Fsp3) is 0.215. The van der Waals surface area contributed by atoms with Gasteiger partial charge < -0.3 is 27.5 Å². The number of aryl methyl sites for hydroxylation is 8. The number of unbranched alkanes of at least 4 members (excludes halogenated alkanes) is 2. The monoisotopic (exact) mass is 1240 g/mol. The molecule has 8 N–H and O–H groups in total. The number of nitrogens with two attached hydrogens (primary N) is 3. The van der Waals surface area contributed by atoms with E-state index >= 15 is 0 Å². The van der Waals surface area contributed by atoms with Crippen molar-refractivity contribution in [3.05, 3.63) is 225 Å². The third-order valence-electron chi connectivity index (χ3n) is 12.8. The molecule has 6 aromatic heterocycles. The Bertz CT molecular complexity index is 4090. The average Bonchev–Trinajstić information content (AvgIpc) is 2.01. The Morgan fingerprint density at radius 2 is 0.966 bits per heavy atom. The molecular formula is C65H70Cl3F3N16.